The van der Waals surface area contributed by atoms with E-state index in [2.05, 4.69) is 6.07 Å². The van der Waals surface area contributed by atoms with E-state index in [0.29, 0.717) is 13.0 Å². The first-order chi connectivity index (χ1) is 9.09. The first-order valence-corrected chi connectivity index (χ1v) is 6.72. The highest BCUT2D eigenvalue weighted by atomic mass is 16.4. The van der Waals surface area contributed by atoms with Crippen molar-refractivity contribution in [3.05, 3.63) is 29.3 Å². The molecule has 0 spiro atoms. The number of aliphatic carboxylic acids is 1. The van der Waals surface area contributed by atoms with Crippen molar-refractivity contribution < 1.29 is 14.7 Å². The zero-order valence-corrected chi connectivity index (χ0v) is 10.9. The summed E-state index contributed by atoms with van der Waals surface area (Å²) in [5.74, 6) is -1.65. The predicted octanol–water partition coefficient (Wildman–Crippen LogP) is 1.99. The first kappa shape index (κ1) is 12.2. The van der Waals surface area contributed by atoms with E-state index in [1.165, 1.54) is 5.56 Å². The van der Waals surface area contributed by atoms with E-state index in [1.807, 2.05) is 24.0 Å². The third-order valence-corrected chi connectivity index (χ3v) is 4.11. The van der Waals surface area contributed by atoms with Crippen LogP contribution < -0.4 is 4.90 Å². The molecule has 0 unspecified atom stereocenters. The Hall–Kier alpha value is -1.84. The zero-order valence-electron chi connectivity index (χ0n) is 10.9. The molecule has 19 heavy (non-hydrogen) atoms. The number of carbonyl (C=O) groups is 2. The summed E-state index contributed by atoms with van der Waals surface area (Å²) in [5.41, 5.74) is 3.31. The van der Waals surface area contributed by atoms with E-state index < -0.39 is 11.9 Å². The van der Waals surface area contributed by atoms with Crippen LogP contribution >= 0.6 is 0 Å². The lowest BCUT2D eigenvalue weighted by Gasteiger charge is -2.31. The third-order valence-electron chi connectivity index (χ3n) is 4.11. The van der Waals surface area contributed by atoms with Crippen LogP contribution in [0.5, 0.6) is 0 Å². The molecule has 1 aliphatic carbocycles. The molecule has 2 aliphatic rings. The van der Waals surface area contributed by atoms with Crippen molar-refractivity contribution in [1.82, 2.24) is 0 Å². The number of fused-ring (bicyclic) bond motifs is 1. The molecule has 0 aromatic heterocycles. The molecule has 100 valence electrons. The van der Waals surface area contributed by atoms with Crippen molar-refractivity contribution in [2.45, 2.75) is 26.2 Å². The molecule has 0 bridgehead atoms. The minimum absolute atomic E-state index is 0.0114. The molecule has 1 aliphatic heterocycles. The second kappa shape index (κ2) is 4.37. The molecule has 1 heterocycles. The number of hydrogen-bond acceptors (Lipinski definition) is 2. The molecular formula is C15H17NO3. The second-order valence-electron chi connectivity index (χ2n) is 5.46. The Morgan fingerprint density at radius 3 is 2.79 bits per heavy atom. The van der Waals surface area contributed by atoms with Crippen molar-refractivity contribution in [2.75, 3.05) is 11.4 Å². The molecule has 3 rings (SSSR count). The summed E-state index contributed by atoms with van der Waals surface area (Å²) in [4.78, 5) is 25.2. The summed E-state index contributed by atoms with van der Waals surface area (Å²) in [5, 5.41) is 8.95. The number of carbonyl (C=O) groups excluding carboxylic acids is 1. The van der Waals surface area contributed by atoms with Gasteiger partial charge in [0.1, 0.15) is 0 Å². The second-order valence-corrected chi connectivity index (χ2v) is 5.46. The quantitative estimate of drug-likeness (QED) is 0.883. The maximum Gasteiger partial charge on any atom is 0.307 e. The van der Waals surface area contributed by atoms with Crippen LogP contribution in [0, 0.1) is 18.8 Å². The first-order valence-electron chi connectivity index (χ1n) is 6.72. The molecule has 2 atom stereocenters. The lowest BCUT2D eigenvalue weighted by atomic mass is 9.97. The van der Waals surface area contributed by atoms with E-state index in [9.17, 15) is 9.59 Å². The van der Waals surface area contributed by atoms with Gasteiger partial charge in [0.25, 0.3) is 0 Å². The molecule has 1 aromatic carbocycles. The van der Waals surface area contributed by atoms with Gasteiger partial charge in [-0.3, -0.25) is 9.59 Å². The predicted molar refractivity (Wildman–Crippen MR) is 71.1 cm³/mol. The average Bonchev–Trinajstić information content (AvgIpc) is 3.18. The molecule has 1 N–H and O–H groups in total. The van der Waals surface area contributed by atoms with Gasteiger partial charge in [-0.2, -0.15) is 0 Å². The van der Waals surface area contributed by atoms with Gasteiger partial charge in [0.2, 0.25) is 5.91 Å². The lowest BCUT2D eigenvalue weighted by Crippen LogP contribution is -2.37. The van der Waals surface area contributed by atoms with Gasteiger partial charge in [-0.1, -0.05) is 18.2 Å². The minimum atomic E-state index is -0.847. The fourth-order valence-corrected chi connectivity index (χ4v) is 3.01. The Bertz CT molecular complexity index is 552. The average molecular weight is 259 g/mol. The van der Waals surface area contributed by atoms with Crippen LogP contribution in [-0.4, -0.2) is 23.5 Å². The number of benzene rings is 1. The van der Waals surface area contributed by atoms with E-state index >= 15 is 0 Å². The van der Waals surface area contributed by atoms with Crippen molar-refractivity contribution in [3.8, 4) is 0 Å². The maximum absolute atomic E-state index is 12.5. The number of hydrogen-bond donors (Lipinski definition) is 1. The highest BCUT2D eigenvalue weighted by Crippen LogP contribution is 2.42. The normalized spacial score (nSPS) is 24.8. The molecule has 0 saturated heterocycles. The number of para-hydroxylation sites is 1. The molecule has 1 amide bonds. The van der Waals surface area contributed by atoms with Crippen LogP contribution in [0.1, 0.15) is 24.0 Å². The maximum atomic E-state index is 12.5. The summed E-state index contributed by atoms with van der Waals surface area (Å²) >= 11 is 0. The number of amides is 1. The van der Waals surface area contributed by atoms with Gasteiger partial charge >= 0.3 is 5.97 Å². The van der Waals surface area contributed by atoms with Gasteiger partial charge < -0.3 is 10.0 Å². The Labute approximate surface area is 112 Å². The molecule has 0 radical (unpaired) electrons. The Morgan fingerprint density at radius 2 is 2.11 bits per heavy atom. The van der Waals surface area contributed by atoms with Gasteiger partial charge in [-0.05, 0) is 37.3 Å². The summed E-state index contributed by atoms with van der Waals surface area (Å²) in [6.45, 7) is 2.71. The van der Waals surface area contributed by atoms with Gasteiger partial charge in [-0.25, -0.2) is 0 Å². The summed E-state index contributed by atoms with van der Waals surface area (Å²) in [7, 11) is 0. The van der Waals surface area contributed by atoms with Gasteiger partial charge in [0, 0.05) is 12.2 Å². The topological polar surface area (TPSA) is 57.6 Å². The molecule has 4 nitrogen and oxygen atoms in total. The van der Waals surface area contributed by atoms with Crippen LogP contribution in [0.4, 0.5) is 5.69 Å². The lowest BCUT2D eigenvalue weighted by molar-refractivity contribution is -0.140. The Balaban J connectivity index is 1.88. The third kappa shape index (κ3) is 2.01. The van der Waals surface area contributed by atoms with Crippen molar-refractivity contribution in [1.29, 1.82) is 0 Å². The van der Waals surface area contributed by atoms with Crippen LogP contribution in [-0.2, 0) is 16.0 Å². The molecule has 1 fully saturated rings. The van der Waals surface area contributed by atoms with Crippen LogP contribution in [0.15, 0.2) is 18.2 Å². The van der Waals surface area contributed by atoms with Crippen LogP contribution in [0.3, 0.4) is 0 Å². The zero-order chi connectivity index (χ0) is 13.6. The number of aryl methyl sites for hydroxylation is 2. The summed E-state index contributed by atoms with van der Waals surface area (Å²) in [6.07, 6.45) is 2.44. The van der Waals surface area contributed by atoms with E-state index in [4.69, 9.17) is 5.11 Å². The van der Waals surface area contributed by atoms with Crippen LogP contribution in [0.2, 0.25) is 0 Å². The fraction of sp³-hybridized carbons (Fsp3) is 0.467. The monoisotopic (exact) mass is 259 g/mol. The highest BCUT2D eigenvalue weighted by molar-refractivity contribution is 6.01. The minimum Gasteiger partial charge on any atom is -0.481 e. The highest BCUT2D eigenvalue weighted by Gasteiger charge is 2.50. The van der Waals surface area contributed by atoms with Crippen molar-refractivity contribution in [3.63, 3.8) is 0 Å². The fourth-order valence-electron chi connectivity index (χ4n) is 3.01. The SMILES string of the molecule is Cc1cccc2c1N(C(=O)[C@@H]1C[C@@H]1C(=O)O)CCC2. The largest absolute Gasteiger partial charge is 0.481 e. The van der Waals surface area contributed by atoms with Crippen molar-refractivity contribution >= 4 is 17.6 Å². The Morgan fingerprint density at radius 1 is 1.32 bits per heavy atom. The number of rotatable bonds is 2. The van der Waals surface area contributed by atoms with E-state index in [-0.39, 0.29) is 11.8 Å². The molecule has 1 saturated carbocycles. The summed E-state index contributed by atoms with van der Waals surface area (Å²) in [6, 6.07) is 6.08. The van der Waals surface area contributed by atoms with Crippen LogP contribution in [0.25, 0.3) is 0 Å². The van der Waals surface area contributed by atoms with E-state index in [0.717, 1.165) is 24.1 Å². The molecule has 1 aromatic rings. The Kier molecular flexibility index (Phi) is 2.81. The summed E-state index contributed by atoms with van der Waals surface area (Å²) < 4.78 is 0. The van der Waals surface area contributed by atoms with E-state index in [1.54, 1.807) is 0 Å². The van der Waals surface area contributed by atoms with Gasteiger partial charge in [0.15, 0.2) is 0 Å². The number of carboxylic acid groups (broad SMARTS) is 1. The number of anilines is 1. The number of nitrogens with zero attached hydrogens (tertiary/aromatic N) is 1. The van der Waals surface area contributed by atoms with Gasteiger partial charge in [-0.15, -0.1) is 0 Å². The molecular weight excluding hydrogens is 242 g/mol. The molecule has 4 heteroatoms. The van der Waals surface area contributed by atoms with Crippen molar-refractivity contribution in [2.24, 2.45) is 11.8 Å². The standard InChI is InChI=1S/C15H17NO3/c1-9-4-2-5-10-6-3-7-16(13(9)10)14(17)11-8-12(11)15(18)19/h2,4-5,11-12H,3,6-8H2,1H3,(H,18,19)/t11-,12+/m1/s1. The number of carboxylic acids is 1. The smallest absolute Gasteiger partial charge is 0.307 e. The van der Waals surface area contributed by atoms with Gasteiger partial charge in [0.05, 0.1) is 11.8 Å².